The first-order valence-electron chi connectivity index (χ1n) is 2.86. The average molecular weight is 300 g/mol. The highest BCUT2D eigenvalue weighted by molar-refractivity contribution is 9.11. The highest BCUT2D eigenvalue weighted by Gasteiger charge is 2.14. The highest BCUT2D eigenvalue weighted by atomic mass is 79.9. The summed E-state index contributed by atoms with van der Waals surface area (Å²) in [6.45, 7) is 0. The van der Waals surface area contributed by atoms with Crippen molar-refractivity contribution in [2.45, 2.75) is 0 Å². The molecule has 12 heavy (non-hydrogen) atoms. The highest BCUT2D eigenvalue weighted by Crippen LogP contribution is 2.28. The quantitative estimate of drug-likeness (QED) is 0.442. The van der Waals surface area contributed by atoms with Crippen molar-refractivity contribution >= 4 is 38.1 Å². The predicted octanol–water partition coefficient (Wildman–Crippen LogP) is 3.30. The molecule has 0 atom stereocenters. The minimum absolute atomic E-state index is 0.0638. The molecular weight excluding hydrogens is 298 g/mol. The van der Waals surface area contributed by atoms with Gasteiger partial charge in [-0.1, -0.05) is 0 Å². The SMILES string of the molecule is O=Cc1c(Br)cc(F)c(F)c1Br. The fourth-order valence-corrected chi connectivity index (χ4v) is 1.94. The van der Waals surface area contributed by atoms with Gasteiger partial charge in [-0.05, 0) is 37.9 Å². The fourth-order valence-electron chi connectivity index (χ4n) is 0.688. The van der Waals surface area contributed by atoms with Crippen LogP contribution in [0.2, 0.25) is 0 Å². The van der Waals surface area contributed by atoms with Gasteiger partial charge in [0.15, 0.2) is 17.9 Å². The zero-order valence-electron chi connectivity index (χ0n) is 5.57. The Kier molecular flexibility index (Phi) is 2.95. The number of hydrogen-bond acceptors (Lipinski definition) is 1. The summed E-state index contributed by atoms with van der Waals surface area (Å²) in [4.78, 5) is 10.4. The zero-order valence-corrected chi connectivity index (χ0v) is 8.75. The first-order chi connectivity index (χ1) is 5.57. The second kappa shape index (κ2) is 3.62. The summed E-state index contributed by atoms with van der Waals surface area (Å²) in [5.74, 6) is -2.06. The van der Waals surface area contributed by atoms with Gasteiger partial charge in [-0.3, -0.25) is 4.79 Å². The molecular formula is C7H2Br2F2O. The van der Waals surface area contributed by atoms with Crippen LogP contribution in [-0.4, -0.2) is 6.29 Å². The maximum atomic E-state index is 12.8. The third-order valence-electron chi connectivity index (χ3n) is 1.27. The fraction of sp³-hybridized carbons (Fsp3) is 0. The van der Waals surface area contributed by atoms with E-state index in [0.29, 0.717) is 6.29 Å². The summed E-state index contributed by atoms with van der Waals surface area (Å²) in [7, 11) is 0. The van der Waals surface area contributed by atoms with Crippen molar-refractivity contribution in [2.75, 3.05) is 0 Å². The van der Waals surface area contributed by atoms with E-state index in [0.717, 1.165) is 6.07 Å². The number of benzene rings is 1. The lowest BCUT2D eigenvalue weighted by atomic mass is 10.2. The van der Waals surface area contributed by atoms with E-state index in [4.69, 9.17) is 0 Å². The van der Waals surface area contributed by atoms with Crippen LogP contribution in [0.3, 0.4) is 0 Å². The molecule has 0 aliphatic rings. The predicted molar refractivity (Wildman–Crippen MR) is 47.1 cm³/mol. The van der Waals surface area contributed by atoms with E-state index in [-0.39, 0.29) is 14.5 Å². The van der Waals surface area contributed by atoms with Crippen LogP contribution in [0.15, 0.2) is 15.0 Å². The Labute approximate surface area is 84.0 Å². The van der Waals surface area contributed by atoms with Crippen LogP contribution < -0.4 is 0 Å². The molecule has 0 N–H and O–H groups in total. The van der Waals surface area contributed by atoms with Crippen LogP contribution in [0.1, 0.15) is 10.4 Å². The lowest BCUT2D eigenvalue weighted by Crippen LogP contribution is -1.93. The number of carbonyl (C=O) groups excluding carboxylic acids is 1. The average Bonchev–Trinajstić information content (AvgIpc) is 2.01. The maximum Gasteiger partial charge on any atom is 0.173 e. The van der Waals surface area contributed by atoms with Crippen molar-refractivity contribution in [1.29, 1.82) is 0 Å². The molecule has 0 radical (unpaired) electrons. The van der Waals surface area contributed by atoms with E-state index < -0.39 is 11.6 Å². The van der Waals surface area contributed by atoms with Gasteiger partial charge in [0.2, 0.25) is 0 Å². The van der Waals surface area contributed by atoms with Crippen LogP contribution >= 0.6 is 31.9 Å². The second-order valence-electron chi connectivity index (χ2n) is 2.00. The molecule has 5 heteroatoms. The largest absolute Gasteiger partial charge is 0.298 e. The summed E-state index contributed by atoms with van der Waals surface area (Å²) >= 11 is 5.69. The Balaban J connectivity index is 3.51. The first-order valence-corrected chi connectivity index (χ1v) is 4.44. The maximum absolute atomic E-state index is 12.8. The normalized spacial score (nSPS) is 10.0. The van der Waals surface area contributed by atoms with Gasteiger partial charge in [-0.25, -0.2) is 8.78 Å². The Morgan fingerprint density at radius 3 is 2.42 bits per heavy atom. The topological polar surface area (TPSA) is 17.1 Å². The molecule has 0 fully saturated rings. The molecule has 0 aromatic heterocycles. The third kappa shape index (κ3) is 1.56. The molecule has 1 aromatic carbocycles. The molecule has 0 aliphatic heterocycles. The first kappa shape index (κ1) is 9.80. The van der Waals surface area contributed by atoms with Crippen molar-refractivity contribution in [3.63, 3.8) is 0 Å². The number of hydrogen-bond donors (Lipinski definition) is 0. The molecule has 0 bridgehead atoms. The molecule has 0 unspecified atom stereocenters. The van der Waals surface area contributed by atoms with Crippen LogP contribution in [0.5, 0.6) is 0 Å². The van der Waals surface area contributed by atoms with Crippen LogP contribution in [-0.2, 0) is 0 Å². The standard InChI is InChI=1S/C7H2Br2F2O/c8-4-1-5(10)7(11)6(9)3(4)2-12/h1-2H. The third-order valence-corrected chi connectivity index (χ3v) is 2.70. The number of carbonyl (C=O) groups is 1. The molecule has 1 rings (SSSR count). The summed E-state index contributed by atoms with van der Waals surface area (Å²) < 4.78 is 25.4. The summed E-state index contributed by atoms with van der Waals surface area (Å²) in [6.07, 6.45) is 0.441. The van der Waals surface area contributed by atoms with Gasteiger partial charge >= 0.3 is 0 Å². The monoisotopic (exact) mass is 298 g/mol. The summed E-state index contributed by atoms with van der Waals surface area (Å²) in [6, 6.07) is 0.907. The summed E-state index contributed by atoms with van der Waals surface area (Å²) in [5.41, 5.74) is 0.0638. The number of rotatable bonds is 1. The van der Waals surface area contributed by atoms with Crippen LogP contribution in [0, 0.1) is 11.6 Å². The van der Waals surface area contributed by atoms with E-state index >= 15 is 0 Å². The minimum atomic E-state index is -1.06. The molecule has 0 heterocycles. The Morgan fingerprint density at radius 1 is 1.33 bits per heavy atom. The lowest BCUT2D eigenvalue weighted by Gasteiger charge is -2.01. The van der Waals surface area contributed by atoms with Gasteiger partial charge < -0.3 is 0 Å². The van der Waals surface area contributed by atoms with Crippen molar-refractivity contribution in [2.24, 2.45) is 0 Å². The second-order valence-corrected chi connectivity index (χ2v) is 3.65. The van der Waals surface area contributed by atoms with E-state index in [1.807, 2.05) is 0 Å². The van der Waals surface area contributed by atoms with E-state index in [9.17, 15) is 13.6 Å². The Hall–Kier alpha value is -0.290. The number of halogens is 4. The van der Waals surface area contributed by atoms with E-state index in [1.165, 1.54) is 0 Å². The van der Waals surface area contributed by atoms with Gasteiger partial charge in [0.25, 0.3) is 0 Å². The van der Waals surface area contributed by atoms with Crippen LogP contribution in [0.25, 0.3) is 0 Å². The van der Waals surface area contributed by atoms with Gasteiger partial charge in [0, 0.05) is 10.0 Å². The summed E-state index contributed by atoms with van der Waals surface area (Å²) in [5, 5.41) is 0. The minimum Gasteiger partial charge on any atom is -0.298 e. The van der Waals surface area contributed by atoms with Crippen molar-refractivity contribution < 1.29 is 13.6 Å². The van der Waals surface area contributed by atoms with Gasteiger partial charge in [-0.2, -0.15) is 0 Å². The van der Waals surface area contributed by atoms with Gasteiger partial charge in [0.1, 0.15) is 0 Å². The molecule has 0 spiro atoms. The van der Waals surface area contributed by atoms with E-state index in [2.05, 4.69) is 31.9 Å². The smallest absolute Gasteiger partial charge is 0.173 e. The van der Waals surface area contributed by atoms with Crippen molar-refractivity contribution in [1.82, 2.24) is 0 Å². The molecule has 1 aromatic rings. The Bertz CT molecular complexity index is 339. The molecule has 0 saturated heterocycles. The number of aldehydes is 1. The van der Waals surface area contributed by atoms with Gasteiger partial charge in [-0.15, -0.1) is 0 Å². The molecule has 0 aliphatic carbocycles. The van der Waals surface area contributed by atoms with Crippen molar-refractivity contribution in [3.05, 3.63) is 32.2 Å². The molecule has 64 valence electrons. The van der Waals surface area contributed by atoms with Crippen LogP contribution in [0.4, 0.5) is 8.78 Å². The Morgan fingerprint density at radius 2 is 1.92 bits per heavy atom. The molecule has 1 nitrogen and oxygen atoms in total. The molecule has 0 amide bonds. The van der Waals surface area contributed by atoms with E-state index in [1.54, 1.807) is 0 Å². The van der Waals surface area contributed by atoms with Gasteiger partial charge in [0.05, 0.1) is 4.47 Å². The molecule has 0 saturated carbocycles. The van der Waals surface area contributed by atoms with Crippen molar-refractivity contribution in [3.8, 4) is 0 Å². The zero-order chi connectivity index (χ0) is 9.30. The lowest BCUT2D eigenvalue weighted by molar-refractivity contribution is 0.112.